The first-order valence-electron chi connectivity index (χ1n) is 6.66. The van der Waals surface area contributed by atoms with E-state index >= 15 is 0 Å². The zero-order chi connectivity index (χ0) is 11.1. The molecule has 2 heteroatoms. The molecule has 2 N–H and O–H groups in total. The summed E-state index contributed by atoms with van der Waals surface area (Å²) in [5.41, 5.74) is -0.389. The lowest BCUT2D eigenvalue weighted by molar-refractivity contribution is 0.0443. The molecule has 0 heterocycles. The van der Waals surface area contributed by atoms with Gasteiger partial charge in [-0.3, -0.25) is 0 Å². The number of aliphatic hydroxyl groups is 1. The summed E-state index contributed by atoms with van der Waals surface area (Å²) in [6.45, 7) is 5.26. The Hall–Kier alpha value is -0.0800. The van der Waals surface area contributed by atoms with Crippen LogP contribution < -0.4 is 5.32 Å². The van der Waals surface area contributed by atoms with E-state index in [0.717, 1.165) is 19.4 Å². The first-order valence-corrected chi connectivity index (χ1v) is 6.66. The Morgan fingerprint density at radius 1 is 1.27 bits per heavy atom. The quantitative estimate of drug-likeness (QED) is 0.681. The van der Waals surface area contributed by atoms with Crippen LogP contribution in [0, 0.1) is 0 Å². The summed E-state index contributed by atoms with van der Waals surface area (Å²) in [6.07, 6.45) is 9.37. The third-order valence-electron chi connectivity index (χ3n) is 3.65. The Kier molecular flexibility index (Phi) is 5.62. The summed E-state index contributed by atoms with van der Waals surface area (Å²) < 4.78 is 0. The normalized spacial score (nSPS) is 21.8. The summed E-state index contributed by atoms with van der Waals surface area (Å²) in [6, 6.07) is 0.606. The van der Waals surface area contributed by atoms with E-state index in [1.54, 1.807) is 0 Å². The van der Waals surface area contributed by atoms with E-state index in [2.05, 4.69) is 19.2 Å². The molecule has 0 spiro atoms. The van der Waals surface area contributed by atoms with Crippen LogP contribution in [-0.2, 0) is 0 Å². The fourth-order valence-electron chi connectivity index (χ4n) is 2.45. The van der Waals surface area contributed by atoms with Gasteiger partial charge in [-0.15, -0.1) is 0 Å². The van der Waals surface area contributed by atoms with Gasteiger partial charge in [-0.1, -0.05) is 39.5 Å². The van der Waals surface area contributed by atoms with Gasteiger partial charge in [-0.25, -0.2) is 0 Å². The third-order valence-corrected chi connectivity index (χ3v) is 3.65. The fraction of sp³-hybridized carbons (Fsp3) is 1.00. The Morgan fingerprint density at radius 3 is 2.47 bits per heavy atom. The monoisotopic (exact) mass is 213 g/mol. The smallest absolute Gasteiger partial charge is 0.0771 e. The minimum Gasteiger partial charge on any atom is -0.389 e. The minimum absolute atomic E-state index is 0.389. The molecule has 1 unspecified atom stereocenters. The van der Waals surface area contributed by atoms with Crippen LogP contribution in [0.3, 0.4) is 0 Å². The highest BCUT2D eigenvalue weighted by Gasteiger charge is 2.30. The van der Waals surface area contributed by atoms with Crippen LogP contribution in [0.2, 0.25) is 0 Å². The molecule has 0 saturated heterocycles. The molecule has 1 aliphatic carbocycles. The van der Waals surface area contributed by atoms with Gasteiger partial charge in [0.1, 0.15) is 0 Å². The maximum absolute atomic E-state index is 10.2. The van der Waals surface area contributed by atoms with E-state index in [9.17, 15) is 5.11 Å². The number of hydrogen-bond acceptors (Lipinski definition) is 2. The van der Waals surface area contributed by atoms with Crippen LogP contribution in [0.5, 0.6) is 0 Å². The van der Waals surface area contributed by atoms with Crippen molar-refractivity contribution in [2.75, 3.05) is 6.54 Å². The maximum atomic E-state index is 10.2. The number of nitrogens with one attached hydrogen (secondary N) is 1. The molecule has 1 rings (SSSR count). The van der Waals surface area contributed by atoms with Crippen molar-refractivity contribution < 1.29 is 5.11 Å². The molecule has 0 bridgehead atoms. The molecule has 1 fully saturated rings. The van der Waals surface area contributed by atoms with E-state index in [-0.39, 0.29) is 5.60 Å². The van der Waals surface area contributed by atoms with Crippen LogP contribution >= 0.6 is 0 Å². The lowest BCUT2D eigenvalue weighted by atomic mass is 10.0. The number of rotatable bonds is 7. The van der Waals surface area contributed by atoms with E-state index < -0.39 is 0 Å². The van der Waals surface area contributed by atoms with E-state index in [0.29, 0.717) is 6.04 Å². The van der Waals surface area contributed by atoms with Gasteiger partial charge in [0.05, 0.1) is 5.60 Å². The molecule has 2 nitrogen and oxygen atoms in total. The maximum Gasteiger partial charge on any atom is 0.0771 e. The van der Waals surface area contributed by atoms with Crippen LogP contribution in [-0.4, -0.2) is 23.3 Å². The summed E-state index contributed by atoms with van der Waals surface area (Å²) in [5.74, 6) is 0. The van der Waals surface area contributed by atoms with Gasteiger partial charge in [0.15, 0.2) is 0 Å². The second-order valence-electron chi connectivity index (χ2n) is 5.06. The van der Waals surface area contributed by atoms with Crippen molar-refractivity contribution in [3.8, 4) is 0 Å². The van der Waals surface area contributed by atoms with Crippen LogP contribution in [0.4, 0.5) is 0 Å². The second kappa shape index (κ2) is 6.49. The van der Waals surface area contributed by atoms with Crippen molar-refractivity contribution >= 4 is 0 Å². The van der Waals surface area contributed by atoms with Gasteiger partial charge in [-0.05, 0) is 25.7 Å². The molecule has 0 aliphatic heterocycles. The standard InChI is InChI=1S/C13H27NO/c1-3-5-8-12(4-2)14-11-13(15)9-6-7-10-13/h12,14-15H,3-11H2,1-2H3. The van der Waals surface area contributed by atoms with Gasteiger partial charge in [-0.2, -0.15) is 0 Å². The van der Waals surface area contributed by atoms with Gasteiger partial charge in [0.25, 0.3) is 0 Å². The Labute approximate surface area is 94.5 Å². The highest BCUT2D eigenvalue weighted by Crippen LogP contribution is 2.28. The summed E-state index contributed by atoms with van der Waals surface area (Å²) in [7, 11) is 0. The number of hydrogen-bond donors (Lipinski definition) is 2. The predicted octanol–water partition coefficient (Wildman–Crippen LogP) is 2.85. The van der Waals surface area contributed by atoms with Crippen LogP contribution in [0.15, 0.2) is 0 Å². The Bertz CT molecular complexity index is 164. The van der Waals surface area contributed by atoms with Crippen LogP contribution in [0.25, 0.3) is 0 Å². The molecule has 0 aromatic heterocycles. The lowest BCUT2D eigenvalue weighted by Gasteiger charge is -2.26. The third kappa shape index (κ3) is 4.52. The Balaban J connectivity index is 2.20. The van der Waals surface area contributed by atoms with Crippen molar-refractivity contribution in [1.82, 2.24) is 5.32 Å². The molecule has 15 heavy (non-hydrogen) atoms. The average Bonchev–Trinajstić information content (AvgIpc) is 2.66. The van der Waals surface area contributed by atoms with Crippen LogP contribution in [0.1, 0.15) is 65.2 Å². The zero-order valence-corrected chi connectivity index (χ0v) is 10.4. The largest absolute Gasteiger partial charge is 0.389 e. The molecule has 1 atom stereocenters. The number of unbranched alkanes of at least 4 members (excludes halogenated alkanes) is 1. The Morgan fingerprint density at radius 2 is 1.93 bits per heavy atom. The van der Waals surface area contributed by atoms with Gasteiger partial charge in [0.2, 0.25) is 0 Å². The van der Waals surface area contributed by atoms with E-state index in [1.165, 1.54) is 38.5 Å². The zero-order valence-electron chi connectivity index (χ0n) is 10.4. The van der Waals surface area contributed by atoms with Crippen molar-refractivity contribution in [2.45, 2.75) is 76.9 Å². The molecule has 0 aromatic carbocycles. The van der Waals surface area contributed by atoms with E-state index in [1.807, 2.05) is 0 Å². The van der Waals surface area contributed by atoms with Crippen molar-refractivity contribution in [3.63, 3.8) is 0 Å². The summed E-state index contributed by atoms with van der Waals surface area (Å²) in [4.78, 5) is 0. The lowest BCUT2D eigenvalue weighted by Crippen LogP contribution is -2.42. The molecule has 1 aliphatic rings. The molecule has 0 amide bonds. The highest BCUT2D eigenvalue weighted by atomic mass is 16.3. The molecule has 90 valence electrons. The average molecular weight is 213 g/mol. The molecule has 0 aromatic rings. The van der Waals surface area contributed by atoms with Crippen molar-refractivity contribution in [3.05, 3.63) is 0 Å². The fourth-order valence-corrected chi connectivity index (χ4v) is 2.45. The summed E-state index contributed by atoms with van der Waals surface area (Å²) >= 11 is 0. The predicted molar refractivity (Wildman–Crippen MR) is 65.0 cm³/mol. The van der Waals surface area contributed by atoms with Gasteiger partial charge >= 0.3 is 0 Å². The second-order valence-corrected chi connectivity index (χ2v) is 5.06. The van der Waals surface area contributed by atoms with Gasteiger partial charge < -0.3 is 10.4 Å². The minimum atomic E-state index is -0.389. The van der Waals surface area contributed by atoms with Crippen molar-refractivity contribution in [2.24, 2.45) is 0 Å². The molecular formula is C13H27NO. The van der Waals surface area contributed by atoms with E-state index in [4.69, 9.17) is 0 Å². The molecule has 0 radical (unpaired) electrons. The molecular weight excluding hydrogens is 186 g/mol. The summed E-state index contributed by atoms with van der Waals surface area (Å²) in [5, 5.41) is 13.7. The topological polar surface area (TPSA) is 32.3 Å². The highest BCUT2D eigenvalue weighted by molar-refractivity contribution is 4.87. The SMILES string of the molecule is CCCCC(CC)NCC1(O)CCCC1. The van der Waals surface area contributed by atoms with Crippen molar-refractivity contribution in [1.29, 1.82) is 0 Å². The van der Waals surface area contributed by atoms with Gasteiger partial charge in [0, 0.05) is 12.6 Å². The first-order chi connectivity index (χ1) is 7.20. The first kappa shape index (κ1) is 13.0. The molecule has 1 saturated carbocycles.